The summed E-state index contributed by atoms with van der Waals surface area (Å²) in [6.07, 6.45) is 0.831. The van der Waals surface area contributed by atoms with Crippen LogP contribution in [-0.2, 0) is 6.42 Å². The predicted molar refractivity (Wildman–Crippen MR) is 75.4 cm³/mol. The Morgan fingerprint density at radius 2 is 2.11 bits per heavy atom. The number of rotatable bonds is 5. The van der Waals surface area contributed by atoms with E-state index in [0.717, 1.165) is 22.1 Å². The highest BCUT2D eigenvalue weighted by atomic mass is 32.2. The quantitative estimate of drug-likeness (QED) is 0.620. The average molecular weight is 278 g/mol. The van der Waals surface area contributed by atoms with Crippen molar-refractivity contribution in [2.45, 2.75) is 29.9 Å². The van der Waals surface area contributed by atoms with Crippen molar-refractivity contribution in [1.82, 2.24) is 9.36 Å². The molecule has 0 aliphatic heterocycles. The molecule has 2 rings (SSSR count). The first-order valence-corrected chi connectivity index (χ1v) is 7.44. The first-order valence-electron chi connectivity index (χ1n) is 5.79. The number of aromatic nitrogens is 2. The van der Waals surface area contributed by atoms with Crippen LogP contribution in [0.5, 0.6) is 0 Å². The Labute approximate surface area is 115 Å². The molecule has 0 bridgehead atoms. The van der Waals surface area contributed by atoms with Crippen molar-refractivity contribution in [3.05, 3.63) is 41.7 Å². The SMILES string of the molecule is CCc1nsc(SC(C)C(=O)c2ccccc2)n1. The van der Waals surface area contributed by atoms with E-state index in [1.807, 2.05) is 44.2 Å². The van der Waals surface area contributed by atoms with Crippen LogP contribution in [0.2, 0.25) is 0 Å². The molecule has 0 radical (unpaired) electrons. The molecule has 1 atom stereocenters. The largest absolute Gasteiger partial charge is 0.293 e. The monoisotopic (exact) mass is 278 g/mol. The van der Waals surface area contributed by atoms with Crippen LogP contribution < -0.4 is 0 Å². The fourth-order valence-electron chi connectivity index (χ4n) is 1.47. The van der Waals surface area contributed by atoms with Crippen LogP contribution in [0.1, 0.15) is 30.0 Å². The molecule has 18 heavy (non-hydrogen) atoms. The summed E-state index contributed by atoms with van der Waals surface area (Å²) < 4.78 is 5.08. The number of Topliss-reactive ketones (excluding diaryl/α,β-unsaturated/α-hetero) is 1. The summed E-state index contributed by atoms with van der Waals surface area (Å²) in [6.45, 7) is 3.93. The normalized spacial score (nSPS) is 12.3. The minimum atomic E-state index is -0.134. The Hall–Kier alpha value is -1.20. The summed E-state index contributed by atoms with van der Waals surface area (Å²) in [7, 11) is 0. The lowest BCUT2D eigenvalue weighted by atomic mass is 10.1. The van der Waals surface area contributed by atoms with Crippen LogP contribution in [0, 0.1) is 0 Å². The number of thioether (sulfide) groups is 1. The molecule has 0 aliphatic carbocycles. The van der Waals surface area contributed by atoms with Crippen molar-refractivity contribution < 1.29 is 4.79 Å². The standard InChI is InChI=1S/C13H14N2OS2/c1-3-11-14-13(18-15-11)17-9(2)12(16)10-7-5-4-6-8-10/h4-9H,3H2,1-2H3. The molecule has 1 aromatic carbocycles. The second kappa shape index (κ2) is 6.11. The zero-order valence-electron chi connectivity index (χ0n) is 10.3. The Morgan fingerprint density at radius 3 is 2.72 bits per heavy atom. The zero-order valence-corrected chi connectivity index (χ0v) is 11.9. The number of hydrogen-bond donors (Lipinski definition) is 0. The molecular weight excluding hydrogens is 264 g/mol. The number of carbonyl (C=O) groups excluding carboxylic acids is 1. The van der Waals surface area contributed by atoms with Gasteiger partial charge in [-0.15, -0.1) is 0 Å². The van der Waals surface area contributed by atoms with Gasteiger partial charge in [0.05, 0.1) is 5.25 Å². The summed E-state index contributed by atoms with van der Waals surface area (Å²) in [5, 5.41) is -0.134. The van der Waals surface area contributed by atoms with Crippen LogP contribution in [0.15, 0.2) is 34.7 Å². The van der Waals surface area contributed by atoms with Crippen molar-refractivity contribution in [3.63, 3.8) is 0 Å². The molecule has 0 N–H and O–H groups in total. The maximum atomic E-state index is 12.2. The van der Waals surface area contributed by atoms with E-state index in [2.05, 4.69) is 9.36 Å². The number of hydrogen-bond acceptors (Lipinski definition) is 5. The van der Waals surface area contributed by atoms with Gasteiger partial charge >= 0.3 is 0 Å². The van der Waals surface area contributed by atoms with E-state index in [1.54, 1.807) is 0 Å². The van der Waals surface area contributed by atoms with Crippen molar-refractivity contribution in [1.29, 1.82) is 0 Å². The fraction of sp³-hybridized carbons (Fsp3) is 0.308. The molecule has 1 aromatic heterocycles. The van der Waals surface area contributed by atoms with Gasteiger partial charge in [0.1, 0.15) is 5.82 Å². The lowest BCUT2D eigenvalue weighted by Gasteiger charge is -2.07. The van der Waals surface area contributed by atoms with E-state index in [1.165, 1.54) is 23.3 Å². The van der Waals surface area contributed by atoms with E-state index in [9.17, 15) is 4.79 Å². The zero-order chi connectivity index (χ0) is 13.0. The Morgan fingerprint density at radius 1 is 1.39 bits per heavy atom. The van der Waals surface area contributed by atoms with E-state index < -0.39 is 0 Å². The van der Waals surface area contributed by atoms with Gasteiger partial charge in [-0.05, 0) is 18.5 Å². The minimum absolute atomic E-state index is 0.133. The van der Waals surface area contributed by atoms with E-state index in [0.29, 0.717) is 0 Å². The van der Waals surface area contributed by atoms with Crippen LogP contribution >= 0.6 is 23.3 Å². The summed E-state index contributed by atoms with van der Waals surface area (Å²) in [6, 6.07) is 9.36. The average Bonchev–Trinajstić information content (AvgIpc) is 2.86. The summed E-state index contributed by atoms with van der Waals surface area (Å²) in [4.78, 5) is 16.5. The lowest BCUT2D eigenvalue weighted by molar-refractivity contribution is 0.0994. The fourth-order valence-corrected chi connectivity index (χ4v) is 3.39. The molecule has 94 valence electrons. The molecule has 1 unspecified atom stereocenters. The lowest BCUT2D eigenvalue weighted by Crippen LogP contribution is -2.13. The van der Waals surface area contributed by atoms with E-state index in [4.69, 9.17) is 0 Å². The highest BCUT2D eigenvalue weighted by Crippen LogP contribution is 2.27. The Bertz CT molecular complexity index is 525. The second-order valence-electron chi connectivity index (χ2n) is 3.82. The molecule has 3 nitrogen and oxygen atoms in total. The third kappa shape index (κ3) is 3.17. The Balaban J connectivity index is 2.03. The summed E-state index contributed by atoms with van der Waals surface area (Å²) >= 11 is 2.84. The van der Waals surface area contributed by atoms with Crippen molar-refractivity contribution in [2.24, 2.45) is 0 Å². The second-order valence-corrected chi connectivity index (χ2v) is 6.16. The van der Waals surface area contributed by atoms with Gasteiger partial charge in [-0.1, -0.05) is 49.0 Å². The molecular formula is C13H14N2OS2. The first kappa shape index (κ1) is 13.2. The molecule has 2 aromatic rings. The number of aryl methyl sites for hydroxylation is 1. The maximum Gasteiger partial charge on any atom is 0.175 e. The number of carbonyl (C=O) groups is 1. The van der Waals surface area contributed by atoms with Gasteiger partial charge in [-0.2, -0.15) is 4.37 Å². The van der Waals surface area contributed by atoms with Gasteiger partial charge in [-0.3, -0.25) is 4.79 Å². The topological polar surface area (TPSA) is 42.9 Å². The van der Waals surface area contributed by atoms with E-state index >= 15 is 0 Å². The first-order chi connectivity index (χ1) is 8.70. The van der Waals surface area contributed by atoms with Crippen LogP contribution in [-0.4, -0.2) is 20.4 Å². The van der Waals surface area contributed by atoms with Gasteiger partial charge in [0.2, 0.25) is 0 Å². The number of nitrogens with zero attached hydrogens (tertiary/aromatic N) is 2. The predicted octanol–water partition coefficient (Wildman–Crippen LogP) is 3.46. The molecule has 0 amide bonds. The van der Waals surface area contributed by atoms with Crippen LogP contribution in [0.25, 0.3) is 0 Å². The molecule has 5 heteroatoms. The van der Waals surface area contributed by atoms with Crippen LogP contribution in [0.4, 0.5) is 0 Å². The molecule has 0 saturated heterocycles. The number of benzene rings is 1. The maximum absolute atomic E-state index is 12.2. The van der Waals surface area contributed by atoms with Gasteiger partial charge in [-0.25, -0.2) is 4.98 Å². The highest BCUT2D eigenvalue weighted by Gasteiger charge is 2.18. The third-order valence-corrected chi connectivity index (χ3v) is 4.39. The third-order valence-electron chi connectivity index (χ3n) is 2.47. The summed E-state index contributed by atoms with van der Waals surface area (Å²) in [5.74, 6) is 0.982. The molecule has 0 aliphatic rings. The smallest absolute Gasteiger partial charge is 0.175 e. The van der Waals surface area contributed by atoms with Crippen molar-refractivity contribution in [2.75, 3.05) is 0 Å². The molecule has 0 saturated carbocycles. The molecule has 0 spiro atoms. The highest BCUT2D eigenvalue weighted by molar-refractivity contribution is 8.02. The minimum Gasteiger partial charge on any atom is -0.293 e. The molecule has 0 fully saturated rings. The van der Waals surface area contributed by atoms with Gasteiger partial charge in [0, 0.05) is 12.0 Å². The van der Waals surface area contributed by atoms with E-state index in [-0.39, 0.29) is 11.0 Å². The molecule has 1 heterocycles. The summed E-state index contributed by atoms with van der Waals surface area (Å²) in [5.41, 5.74) is 0.748. The van der Waals surface area contributed by atoms with Crippen LogP contribution in [0.3, 0.4) is 0 Å². The van der Waals surface area contributed by atoms with Crippen molar-refractivity contribution in [3.8, 4) is 0 Å². The number of ketones is 1. The Kier molecular flexibility index (Phi) is 4.49. The van der Waals surface area contributed by atoms with Gasteiger partial charge < -0.3 is 0 Å². The van der Waals surface area contributed by atoms with Gasteiger partial charge in [0.15, 0.2) is 10.1 Å². The van der Waals surface area contributed by atoms with Gasteiger partial charge in [0.25, 0.3) is 0 Å². The van der Waals surface area contributed by atoms with Crippen molar-refractivity contribution >= 4 is 29.1 Å².